The number of nitrogens with zero attached hydrogens (tertiary/aromatic N) is 2. The molecule has 6 heteroatoms. The van der Waals surface area contributed by atoms with Gasteiger partial charge in [0.25, 0.3) is 0 Å². The molecule has 2 atom stereocenters. The van der Waals surface area contributed by atoms with Crippen molar-refractivity contribution in [2.24, 2.45) is 0 Å². The van der Waals surface area contributed by atoms with Crippen LogP contribution in [0.4, 0.5) is 4.79 Å². The van der Waals surface area contributed by atoms with Crippen molar-refractivity contribution < 1.29 is 9.53 Å². The molecule has 0 radical (unpaired) electrons. The lowest BCUT2D eigenvalue weighted by Gasteiger charge is -2.23. The molecule has 2 amide bonds. The van der Waals surface area contributed by atoms with Gasteiger partial charge in [0, 0.05) is 30.6 Å². The van der Waals surface area contributed by atoms with E-state index in [1.165, 1.54) is 0 Å². The maximum atomic E-state index is 12.1. The van der Waals surface area contributed by atoms with Crippen LogP contribution in [0.1, 0.15) is 13.3 Å². The molecule has 1 N–H and O–H groups in total. The van der Waals surface area contributed by atoms with Gasteiger partial charge in [-0.1, -0.05) is 17.7 Å². The predicted octanol–water partition coefficient (Wildman–Crippen LogP) is 2.45. The first-order chi connectivity index (χ1) is 10.5. The summed E-state index contributed by atoms with van der Waals surface area (Å²) in [5.74, 6) is 0.751. The summed E-state index contributed by atoms with van der Waals surface area (Å²) < 4.78 is 5.89. The summed E-state index contributed by atoms with van der Waals surface area (Å²) in [6.07, 6.45) is 0.860. The van der Waals surface area contributed by atoms with E-state index in [-0.39, 0.29) is 12.1 Å². The summed E-state index contributed by atoms with van der Waals surface area (Å²) in [4.78, 5) is 16.0. The fourth-order valence-electron chi connectivity index (χ4n) is 2.27. The number of carbonyl (C=O) groups excluding carboxylic acids is 1. The Morgan fingerprint density at radius 3 is 3.00 bits per heavy atom. The SMILES string of the molecule is CC(CNC(=O)N1CCC(Oc2cccc(Cl)c2)C1)N(C)C. The van der Waals surface area contributed by atoms with E-state index in [0.29, 0.717) is 30.7 Å². The van der Waals surface area contributed by atoms with E-state index in [4.69, 9.17) is 16.3 Å². The van der Waals surface area contributed by atoms with Gasteiger partial charge in [-0.25, -0.2) is 4.79 Å². The topological polar surface area (TPSA) is 44.8 Å². The van der Waals surface area contributed by atoms with Crippen LogP contribution in [0, 0.1) is 0 Å². The largest absolute Gasteiger partial charge is 0.488 e. The number of rotatable bonds is 5. The molecule has 122 valence electrons. The first-order valence-corrected chi connectivity index (χ1v) is 7.95. The highest BCUT2D eigenvalue weighted by Gasteiger charge is 2.27. The molecule has 0 saturated carbocycles. The van der Waals surface area contributed by atoms with Gasteiger partial charge in [-0.05, 0) is 39.2 Å². The number of urea groups is 1. The molecule has 2 unspecified atom stereocenters. The zero-order valence-electron chi connectivity index (χ0n) is 13.4. The standard InChI is InChI=1S/C16H24ClN3O2/c1-12(19(2)3)10-18-16(21)20-8-7-15(11-20)22-14-6-4-5-13(17)9-14/h4-6,9,12,15H,7-8,10-11H2,1-3H3,(H,18,21). The Morgan fingerprint density at radius 2 is 2.32 bits per heavy atom. The second kappa shape index (κ2) is 7.70. The number of hydrogen-bond donors (Lipinski definition) is 1. The molecule has 2 rings (SSSR count). The Bertz CT molecular complexity index is 510. The van der Waals surface area contributed by atoms with E-state index in [1.807, 2.05) is 32.3 Å². The van der Waals surface area contributed by atoms with Gasteiger partial charge in [0.05, 0.1) is 6.54 Å². The molecule has 1 fully saturated rings. The second-order valence-corrected chi connectivity index (χ2v) is 6.37. The summed E-state index contributed by atoms with van der Waals surface area (Å²) in [6, 6.07) is 7.64. The summed E-state index contributed by atoms with van der Waals surface area (Å²) in [5.41, 5.74) is 0. The fourth-order valence-corrected chi connectivity index (χ4v) is 2.45. The van der Waals surface area contributed by atoms with Crippen molar-refractivity contribution in [3.05, 3.63) is 29.3 Å². The lowest BCUT2D eigenvalue weighted by molar-refractivity contribution is 0.184. The van der Waals surface area contributed by atoms with Crippen LogP contribution in [0.2, 0.25) is 5.02 Å². The number of carbonyl (C=O) groups is 1. The molecule has 1 aliphatic rings. The van der Waals surface area contributed by atoms with Gasteiger partial charge in [0.1, 0.15) is 11.9 Å². The number of nitrogens with one attached hydrogen (secondary N) is 1. The normalized spacial score (nSPS) is 19.3. The summed E-state index contributed by atoms with van der Waals surface area (Å²) in [5, 5.41) is 3.62. The molecule has 1 saturated heterocycles. The number of amides is 2. The molecule has 1 aromatic rings. The maximum Gasteiger partial charge on any atom is 0.317 e. The summed E-state index contributed by atoms with van der Waals surface area (Å²) in [7, 11) is 4.00. The average Bonchev–Trinajstić information content (AvgIpc) is 2.92. The number of halogens is 1. The average molecular weight is 326 g/mol. The molecule has 5 nitrogen and oxygen atoms in total. The van der Waals surface area contributed by atoms with Crippen molar-refractivity contribution in [1.82, 2.24) is 15.1 Å². The van der Waals surface area contributed by atoms with Gasteiger partial charge >= 0.3 is 6.03 Å². The molecule has 22 heavy (non-hydrogen) atoms. The number of likely N-dealkylation sites (N-methyl/N-ethyl adjacent to an activating group) is 1. The van der Waals surface area contributed by atoms with Gasteiger partial charge in [0.15, 0.2) is 0 Å². The molecule has 1 aliphatic heterocycles. The summed E-state index contributed by atoms with van der Waals surface area (Å²) in [6.45, 7) is 4.04. The van der Waals surface area contributed by atoms with Crippen LogP contribution in [0.5, 0.6) is 5.75 Å². The van der Waals surface area contributed by atoms with E-state index >= 15 is 0 Å². The second-order valence-electron chi connectivity index (χ2n) is 5.93. The number of likely N-dealkylation sites (tertiary alicyclic amines) is 1. The van der Waals surface area contributed by atoms with Crippen LogP contribution < -0.4 is 10.1 Å². The predicted molar refractivity (Wildman–Crippen MR) is 88.6 cm³/mol. The molecule has 1 aromatic carbocycles. The van der Waals surface area contributed by atoms with Crippen molar-refractivity contribution in [1.29, 1.82) is 0 Å². The van der Waals surface area contributed by atoms with Crippen LogP contribution >= 0.6 is 11.6 Å². The van der Waals surface area contributed by atoms with Crippen molar-refractivity contribution >= 4 is 17.6 Å². The number of hydrogen-bond acceptors (Lipinski definition) is 3. The van der Waals surface area contributed by atoms with E-state index in [1.54, 1.807) is 11.0 Å². The lowest BCUT2D eigenvalue weighted by atomic mass is 10.3. The third-order valence-corrected chi connectivity index (χ3v) is 4.20. The third kappa shape index (κ3) is 4.78. The first kappa shape index (κ1) is 16.9. The van der Waals surface area contributed by atoms with Crippen molar-refractivity contribution in [2.45, 2.75) is 25.5 Å². The number of ether oxygens (including phenoxy) is 1. The Morgan fingerprint density at radius 1 is 1.55 bits per heavy atom. The van der Waals surface area contributed by atoms with E-state index < -0.39 is 0 Å². The quantitative estimate of drug-likeness (QED) is 0.904. The molecule has 0 aliphatic carbocycles. The minimum absolute atomic E-state index is 0.0223. The van der Waals surface area contributed by atoms with Crippen LogP contribution in [0.3, 0.4) is 0 Å². The van der Waals surface area contributed by atoms with Gasteiger partial charge in [-0.15, -0.1) is 0 Å². The van der Waals surface area contributed by atoms with Crippen molar-refractivity contribution in [3.63, 3.8) is 0 Å². The van der Waals surface area contributed by atoms with Crippen LogP contribution in [-0.4, -0.2) is 61.7 Å². The Hall–Kier alpha value is -1.46. The zero-order valence-corrected chi connectivity index (χ0v) is 14.1. The zero-order chi connectivity index (χ0) is 16.1. The monoisotopic (exact) mass is 325 g/mol. The van der Waals surface area contributed by atoms with Crippen LogP contribution in [0.15, 0.2) is 24.3 Å². The molecule has 0 bridgehead atoms. The maximum absolute atomic E-state index is 12.1. The highest BCUT2D eigenvalue weighted by Crippen LogP contribution is 2.21. The molecule has 1 heterocycles. The highest BCUT2D eigenvalue weighted by atomic mass is 35.5. The minimum atomic E-state index is -0.0223. The first-order valence-electron chi connectivity index (χ1n) is 7.57. The van der Waals surface area contributed by atoms with Crippen LogP contribution in [0.25, 0.3) is 0 Å². The van der Waals surface area contributed by atoms with Gasteiger partial charge in [-0.3, -0.25) is 0 Å². The summed E-state index contributed by atoms with van der Waals surface area (Å²) >= 11 is 5.95. The highest BCUT2D eigenvalue weighted by molar-refractivity contribution is 6.30. The molecular formula is C16H24ClN3O2. The Balaban J connectivity index is 1.78. The minimum Gasteiger partial charge on any atom is -0.488 e. The Kier molecular flexibility index (Phi) is 5.91. The molecule has 0 spiro atoms. The van der Waals surface area contributed by atoms with Crippen molar-refractivity contribution in [2.75, 3.05) is 33.7 Å². The third-order valence-electron chi connectivity index (χ3n) is 3.96. The fraction of sp³-hybridized carbons (Fsp3) is 0.562. The Labute approximate surface area is 137 Å². The van der Waals surface area contributed by atoms with E-state index in [0.717, 1.165) is 12.2 Å². The van der Waals surface area contributed by atoms with Gasteiger partial charge < -0.3 is 19.9 Å². The lowest BCUT2D eigenvalue weighted by Crippen LogP contribution is -2.44. The van der Waals surface area contributed by atoms with Crippen molar-refractivity contribution in [3.8, 4) is 5.75 Å². The van der Waals surface area contributed by atoms with Crippen LogP contribution in [-0.2, 0) is 0 Å². The van der Waals surface area contributed by atoms with Gasteiger partial charge in [0.2, 0.25) is 0 Å². The smallest absolute Gasteiger partial charge is 0.317 e. The van der Waals surface area contributed by atoms with E-state index in [2.05, 4.69) is 17.1 Å². The van der Waals surface area contributed by atoms with E-state index in [9.17, 15) is 4.79 Å². The number of benzene rings is 1. The molecular weight excluding hydrogens is 302 g/mol. The molecule has 0 aromatic heterocycles. The van der Waals surface area contributed by atoms with Gasteiger partial charge in [-0.2, -0.15) is 0 Å².